The molecule has 1 N–H and O–H groups in total. The van der Waals surface area contributed by atoms with Gasteiger partial charge >= 0.3 is 6.18 Å². The van der Waals surface area contributed by atoms with E-state index in [2.05, 4.69) is 10.4 Å². The first-order valence-electron chi connectivity index (χ1n) is 5.36. The van der Waals surface area contributed by atoms with Crippen LogP contribution in [0.1, 0.15) is 20.3 Å². The summed E-state index contributed by atoms with van der Waals surface area (Å²) in [5.74, 6) is -1.66. The SMILES string of the molecule is CCNC(=S)N(CCC#N)/N=C/C(C)C(F)(F)F. The number of alkyl halides is 3. The quantitative estimate of drug-likeness (QED) is 0.477. The minimum atomic E-state index is -4.33. The largest absolute Gasteiger partial charge is 0.396 e. The van der Waals surface area contributed by atoms with E-state index in [4.69, 9.17) is 17.5 Å². The lowest BCUT2D eigenvalue weighted by Crippen LogP contribution is -2.37. The molecule has 8 heteroatoms. The van der Waals surface area contributed by atoms with E-state index in [0.29, 0.717) is 6.54 Å². The van der Waals surface area contributed by atoms with E-state index in [1.54, 1.807) is 6.92 Å². The molecule has 1 unspecified atom stereocenters. The van der Waals surface area contributed by atoms with Crippen LogP contribution in [0.2, 0.25) is 0 Å². The molecule has 0 bridgehead atoms. The molecule has 0 aliphatic heterocycles. The first kappa shape index (κ1) is 16.6. The van der Waals surface area contributed by atoms with Crippen LogP contribution < -0.4 is 5.32 Å². The third-order valence-electron chi connectivity index (χ3n) is 1.94. The Labute approximate surface area is 109 Å². The van der Waals surface area contributed by atoms with Crippen molar-refractivity contribution in [2.75, 3.05) is 13.1 Å². The second-order valence-electron chi connectivity index (χ2n) is 3.46. The fraction of sp³-hybridized carbons (Fsp3) is 0.700. The predicted octanol–water partition coefficient (Wildman–Crippen LogP) is 2.28. The average Bonchev–Trinajstić information content (AvgIpc) is 2.27. The summed E-state index contributed by atoms with van der Waals surface area (Å²) in [4.78, 5) is 0. The van der Waals surface area contributed by atoms with E-state index in [0.717, 1.165) is 13.1 Å². The third-order valence-corrected chi connectivity index (χ3v) is 2.30. The number of nitrogens with zero attached hydrogens (tertiary/aromatic N) is 3. The Bertz CT molecular complexity index is 335. The molecule has 0 saturated heterocycles. The zero-order valence-electron chi connectivity index (χ0n) is 10.2. The second-order valence-corrected chi connectivity index (χ2v) is 3.85. The molecule has 0 rings (SSSR count). The Morgan fingerprint density at radius 3 is 2.67 bits per heavy atom. The number of rotatable bonds is 5. The van der Waals surface area contributed by atoms with E-state index in [9.17, 15) is 13.2 Å². The number of nitrogens with one attached hydrogen (secondary N) is 1. The van der Waals surface area contributed by atoms with Gasteiger partial charge in [0.25, 0.3) is 0 Å². The van der Waals surface area contributed by atoms with Crippen LogP contribution in [0.3, 0.4) is 0 Å². The Kier molecular flexibility index (Phi) is 7.27. The van der Waals surface area contributed by atoms with E-state index in [1.807, 2.05) is 6.07 Å². The molecule has 1 atom stereocenters. The molecule has 4 nitrogen and oxygen atoms in total. The van der Waals surface area contributed by atoms with Crippen LogP contribution in [-0.4, -0.2) is 35.6 Å². The van der Waals surface area contributed by atoms with Gasteiger partial charge in [-0.05, 0) is 26.1 Å². The highest BCUT2D eigenvalue weighted by molar-refractivity contribution is 7.80. The van der Waals surface area contributed by atoms with Crippen LogP contribution in [0.4, 0.5) is 13.2 Å². The summed E-state index contributed by atoms with van der Waals surface area (Å²) < 4.78 is 36.9. The van der Waals surface area contributed by atoms with Gasteiger partial charge in [-0.25, -0.2) is 5.01 Å². The number of halogens is 3. The molecule has 0 aromatic heterocycles. The second kappa shape index (κ2) is 7.87. The summed E-state index contributed by atoms with van der Waals surface area (Å²) >= 11 is 4.94. The highest BCUT2D eigenvalue weighted by Crippen LogP contribution is 2.24. The molecule has 0 heterocycles. The van der Waals surface area contributed by atoms with Gasteiger partial charge < -0.3 is 5.32 Å². The first-order valence-corrected chi connectivity index (χ1v) is 5.76. The van der Waals surface area contributed by atoms with Crippen molar-refractivity contribution in [2.24, 2.45) is 11.0 Å². The van der Waals surface area contributed by atoms with Crippen molar-refractivity contribution in [3.63, 3.8) is 0 Å². The number of thiocarbonyl (C=S) groups is 1. The summed E-state index contributed by atoms with van der Waals surface area (Å²) in [7, 11) is 0. The maximum atomic E-state index is 12.3. The summed E-state index contributed by atoms with van der Waals surface area (Å²) in [6.07, 6.45) is -3.42. The number of hydrazone groups is 1. The van der Waals surface area contributed by atoms with Crippen molar-refractivity contribution in [1.29, 1.82) is 5.26 Å². The summed E-state index contributed by atoms with van der Waals surface area (Å²) in [5, 5.41) is 16.3. The molecule has 0 radical (unpaired) electrons. The zero-order valence-corrected chi connectivity index (χ0v) is 11.0. The van der Waals surface area contributed by atoms with Crippen molar-refractivity contribution in [3.8, 4) is 6.07 Å². The lowest BCUT2D eigenvalue weighted by atomic mass is 10.2. The maximum absolute atomic E-state index is 12.3. The van der Waals surface area contributed by atoms with Crippen LogP contribution in [0.25, 0.3) is 0 Å². The molecular formula is C10H15F3N4S. The van der Waals surface area contributed by atoms with Gasteiger partial charge in [-0.1, -0.05) is 0 Å². The smallest absolute Gasteiger partial charge is 0.361 e. The van der Waals surface area contributed by atoms with Gasteiger partial charge in [0.05, 0.1) is 25.0 Å². The van der Waals surface area contributed by atoms with Crippen molar-refractivity contribution in [1.82, 2.24) is 10.3 Å². The molecule has 0 spiro atoms. The van der Waals surface area contributed by atoms with E-state index in [1.165, 1.54) is 5.01 Å². The third kappa shape index (κ3) is 6.39. The Morgan fingerprint density at radius 2 is 2.22 bits per heavy atom. The molecule has 0 saturated carbocycles. The van der Waals surface area contributed by atoms with Crippen LogP contribution in [0, 0.1) is 17.2 Å². The number of hydrogen-bond donors (Lipinski definition) is 1. The summed E-state index contributed by atoms with van der Waals surface area (Å²) in [5.41, 5.74) is 0. The fourth-order valence-corrected chi connectivity index (χ4v) is 1.16. The maximum Gasteiger partial charge on any atom is 0.396 e. The zero-order chi connectivity index (χ0) is 14.2. The lowest BCUT2D eigenvalue weighted by molar-refractivity contribution is -0.149. The molecule has 0 aliphatic rings. The van der Waals surface area contributed by atoms with Gasteiger partial charge in [-0.2, -0.15) is 23.5 Å². The van der Waals surface area contributed by atoms with Crippen molar-refractivity contribution in [3.05, 3.63) is 0 Å². The van der Waals surface area contributed by atoms with Gasteiger partial charge in [-0.15, -0.1) is 0 Å². The van der Waals surface area contributed by atoms with Crippen molar-refractivity contribution in [2.45, 2.75) is 26.4 Å². The van der Waals surface area contributed by atoms with E-state index < -0.39 is 12.1 Å². The predicted molar refractivity (Wildman–Crippen MR) is 66.9 cm³/mol. The van der Waals surface area contributed by atoms with Gasteiger partial charge in [0, 0.05) is 12.8 Å². The standard InChI is InChI=1S/C10H15F3N4S/c1-3-15-9(18)17(6-4-5-14)16-7-8(2)10(11,12)13/h7-8H,3-4,6H2,1-2H3,(H,15,18)/b16-7+. The Hall–Kier alpha value is -1.36. The monoisotopic (exact) mass is 280 g/mol. The molecule has 0 aliphatic carbocycles. The van der Waals surface area contributed by atoms with Gasteiger partial charge in [-0.3, -0.25) is 0 Å². The average molecular weight is 280 g/mol. The van der Waals surface area contributed by atoms with Crippen LogP contribution >= 0.6 is 12.2 Å². The molecular weight excluding hydrogens is 265 g/mol. The van der Waals surface area contributed by atoms with Crippen molar-refractivity contribution >= 4 is 23.5 Å². The van der Waals surface area contributed by atoms with Crippen LogP contribution in [-0.2, 0) is 0 Å². The van der Waals surface area contributed by atoms with Crippen LogP contribution in [0.5, 0.6) is 0 Å². The van der Waals surface area contributed by atoms with Gasteiger partial charge in [0.15, 0.2) is 5.11 Å². The molecule has 0 fully saturated rings. The van der Waals surface area contributed by atoms with Crippen molar-refractivity contribution < 1.29 is 13.2 Å². The normalized spacial score (nSPS) is 13.1. The fourth-order valence-electron chi connectivity index (χ4n) is 0.875. The van der Waals surface area contributed by atoms with E-state index in [-0.39, 0.29) is 18.1 Å². The lowest BCUT2D eigenvalue weighted by Gasteiger charge is -2.20. The van der Waals surface area contributed by atoms with Crippen LogP contribution in [0.15, 0.2) is 5.10 Å². The Morgan fingerprint density at radius 1 is 1.61 bits per heavy atom. The number of nitriles is 1. The number of hydrogen-bond acceptors (Lipinski definition) is 3. The topological polar surface area (TPSA) is 51.4 Å². The van der Waals surface area contributed by atoms with E-state index >= 15 is 0 Å². The van der Waals surface area contributed by atoms with Gasteiger partial charge in [0.2, 0.25) is 0 Å². The Balaban J connectivity index is 4.63. The molecule has 18 heavy (non-hydrogen) atoms. The summed E-state index contributed by atoms with van der Waals surface area (Å²) in [6.45, 7) is 3.49. The highest BCUT2D eigenvalue weighted by Gasteiger charge is 2.34. The highest BCUT2D eigenvalue weighted by atomic mass is 32.1. The molecule has 0 aromatic rings. The summed E-state index contributed by atoms with van der Waals surface area (Å²) in [6, 6.07) is 1.89. The first-order chi connectivity index (χ1) is 8.32. The minimum Gasteiger partial charge on any atom is -0.361 e. The molecule has 102 valence electrons. The minimum absolute atomic E-state index is 0.128. The molecule has 0 aromatic carbocycles. The van der Waals surface area contributed by atoms with Gasteiger partial charge in [0.1, 0.15) is 0 Å². The molecule has 0 amide bonds.